The van der Waals surface area contributed by atoms with E-state index >= 15 is 4.39 Å². The Labute approximate surface area is 194 Å². The predicted octanol–water partition coefficient (Wildman–Crippen LogP) is 3.82. The quantitative estimate of drug-likeness (QED) is 0.319. The summed E-state index contributed by atoms with van der Waals surface area (Å²) in [6.07, 6.45) is 0.724. The van der Waals surface area contributed by atoms with Crippen LogP contribution in [0.2, 0.25) is 0 Å². The number of aromatic nitrogens is 3. The van der Waals surface area contributed by atoms with Gasteiger partial charge >= 0.3 is 0 Å². The summed E-state index contributed by atoms with van der Waals surface area (Å²) in [5, 5.41) is 13.5. The SMILES string of the molecule is CCc1cc(Nc2cc3onc(NS(=O)(=O)c4c(OC)cccc4OC)c3c(OC)c2F)n[nH]1. The van der Waals surface area contributed by atoms with Crippen molar-refractivity contribution in [1.29, 1.82) is 0 Å². The molecule has 0 amide bonds. The number of benzene rings is 2. The third-order valence-corrected chi connectivity index (χ3v) is 6.42. The minimum Gasteiger partial charge on any atom is -0.495 e. The summed E-state index contributed by atoms with van der Waals surface area (Å²) >= 11 is 0. The van der Waals surface area contributed by atoms with E-state index in [1.807, 2.05) is 6.92 Å². The highest BCUT2D eigenvalue weighted by Gasteiger charge is 2.29. The Morgan fingerprint density at radius 1 is 1.12 bits per heavy atom. The lowest BCUT2D eigenvalue weighted by Crippen LogP contribution is -2.16. The molecule has 180 valence electrons. The summed E-state index contributed by atoms with van der Waals surface area (Å²) in [4.78, 5) is -0.251. The van der Waals surface area contributed by atoms with Crippen LogP contribution in [0.5, 0.6) is 17.2 Å². The molecule has 11 nitrogen and oxygen atoms in total. The number of nitrogens with one attached hydrogen (secondary N) is 3. The first-order chi connectivity index (χ1) is 16.3. The lowest BCUT2D eigenvalue weighted by molar-refractivity contribution is 0.373. The Hall–Kier alpha value is -4.00. The molecule has 4 rings (SSSR count). The highest BCUT2D eigenvalue weighted by atomic mass is 32.2. The van der Waals surface area contributed by atoms with Gasteiger partial charge in [0.25, 0.3) is 10.0 Å². The van der Waals surface area contributed by atoms with Crippen LogP contribution in [0.15, 0.2) is 39.8 Å². The summed E-state index contributed by atoms with van der Waals surface area (Å²) in [5.74, 6) is -0.824. The average Bonchev–Trinajstić information content (AvgIpc) is 3.45. The Morgan fingerprint density at radius 2 is 1.82 bits per heavy atom. The van der Waals surface area contributed by atoms with Crippen molar-refractivity contribution in [1.82, 2.24) is 15.4 Å². The van der Waals surface area contributed by atoms with Crippen LogP contribution in [0, 0.1) is 5.82 Å². The van der Waals surface area contributed by atoms with Crippen LogP contribution < -0.4 is 24.2 Å². The Morgan fingerprint density at radius 3 is 2.41 bits per heavy atom. The van der Waals surface area contributed by atoms with Crippen LogP contribution in [0.25, 0.3) is 11.0 Å². The molecular weight excluding hydrogens is 469 g/mol. The predicted molar refractivity (Wildman–Crippen MR) is 122 cm³/mol. The molecule has 2 heterocycles. The molecule has 3 N–H and O–H groups in total. The normalized spacial score (nSPS) is 11.4. The van der Waals surface area contributed by atoms with E-state index in [9.17, 15) is 8.42 Å². The molecule has 0 saturated heterocycles. The van der Waals surface area contributed by atoms with Gasteiger partial charge in [0.15, 0.2) is 33.7 Å². The second kappa shape index (κ2) is 9.09. The average molecular weight is 492 g/mol. The Bertz CT molecular complexity index is 1430. The van der Waals surface area contributed by atoms with Crippen molar-refractivity contribution in [2.45, 2.75) is 18.2 Å². The van der Waals surface area contributed by atoms with Crippen molar-refractivity contribution < 1.29 is 31.5 Å². The third kappa shape index (κ3) is 4.05. The van der Waals surface area contributed by atoms with Gasteiger partial charge in [-0.05, 0) is 18.6 Å². The smallest absolute Gasteiger partial charge is 0.270 e. The summed E-state index contributed by atoms with van der Waals surface area (Å²) in [7, 11) is -0.380. The molecule has 0 unspecified atom stereocenters. The standard InChI is InChI=1S/C21H22FN5O6S/c1-5-11-9-16(25-24-11)23-12-10-15-17(19(32-4)18(12)22)21(26-33-15)27-34(28,29)20-13(30-2)7-6-8-14(20)31-3/h6-10H,5H2,1-4H3,(H,26,27)(H2,23,24,25). The van der Waals surface area contributed by atoms with Crippen molar-refractivity contribution in [2.24, 2.45) is 0 Å². The first-order valence-electron chi connectivity index (χ1n) is 10.0. The number of aromatic amines is 1. The number of nitrogens with zero attached hydrogens (tertiary/aromatic N) is 2. The number of fused-ring (bicyclic) bond motifs is 1. The highest BCUT2D eigenvalue weighted by molar-refractivity contribution is 7.93. The molecule has 0 atom stereocenters. The van der Waals surface area contributed by atoms with E-state index < -0.39 is 15.8 Å². The number of rotatable bonds is 9. The van der Waals surface area contributed by atoms with Gasteiger partial charge in [0.2, 0.25) is 0 Å². The van der Waals surface area contributed by atoms with E-state index in [2.05, 4.69) is 25.4 Å². The van der Waals surface area contributed by atoms with Gasteiger partial charge in [-0.15, -0.1) is 0 Å². The summed E-state index contributed by atoms with van der Waals surface area (Å²) in [6, 6.07) is 7.58. The van der Waals surface area contributed by atoms with E-state index in [1.165, 1.54) is 39.5 Å². The van der Waals surface area contributed by atoms with Gasteiger partial charge in [0, 0.05) is 17.8 Å². The second-order valence-electron chi connectivity index (χ2n) is 7.03. The zero-order valence-corrected chi connectivity index (χ0v) is 19.5. The third-order valence-electron chi connectivity index (χ3n) is 5.02. The number of hydrogen-bond acceptors (Lipinski definition) is 9. The van der Waals surface area contributed by atoms with Crippen LogP contribution in [0.1, 0.15) is 12.6 Å². The number of H-pyrrole nitrogens is 1. The molecule has 13 heteroatoms. The van der Waals surface area contributed by atoms with E-state index in [0.29, 0.717) is 5.82 Å². The molecule has 4 aromatic rings. The first-order valence-corrected chi connectivity index (χ1v) is 11.5. The van der Waals surface area contributed by atoms with Crippen molar-refractivity contribution in [3.63, 3.8) is 0 Å². The fourth-order valence-corrected chi connectivity index (χ4v) is 4.73. The number of ether oxygens (including phenoxy) is 3. The molecule has 2 aromatic carbocycles. The molecule has 0 aliphatic carbocycles. The molecule has 0 radical (unpaired) electrons. The topological polar surface area (TPSA) is 141 Å². The van der Waals surface area contributed by atoms with Crippen LogP contribution in [-0.4, -0.2) is 45.1 Å². The van der Waals surface area contributed by atoms with Crippen LogP contribution in [0.3, 0.4) is 0 Å². The van der Waals surface area contributed by atoms with Gasteiger partial charge in [0.1, 0.15) is 16.9 Å². The molecule has 0 fully saturated rings. The van der Waals surface area contributed by atoms with Crippen LogP contribution in [0.4, 0.5) is 21.7 Å². The molecule has 0 aliphatic rings. The van der Waals surface area contributed by atoms with Crippen molar-refractivity contribution in [3.8, 4) is 17.2 Å². The van der Waals surface area contributed by atoms with Crippen molar-refractivity contribution in [3.05, 3.63) is 41.8 Å². The van der Waals surface area contributed by atoms with Crippen LogP contribution >= 0.6 is 0 Å². The summed E-state index contributed by atoms with van der Waals surface area (Å²) in [6.45, 7) is 1.95. The van der Waals surface area contributed by atoms with Gasteiger partial charge < -0.3 is 24.1 Å². The number of sulfonamides is 1. The van der Waals surface area contributed by atoms with Crippen molar-refractivity contribution >= 4 is 38.3 Å². The molecule has 2 aromatic heterocycles. The molecule has 34 heavy (non-hydrogen) atoms. The molecule has 0 spiro atoms. The molecule has 0 aliphatic heterocycles. The summed E-state index contributed by atoms with van der Waals surface area (Å²) in [5.41, 5.74) is 0.950. The minimum atomic E-state index is -4.29. The van der Waals surface area contributed by atoms with E-state index in [-0.39, 0.29) is 44.6 Å². The maximum atomic E-state index is 15.3. The van der Waals surface area contributed by atoms with Gasteiger partial charge in [-0.1, -0.05) is 18.1 Å². The van der Waals surface area contributed by atoms with E-state index in [1.54, 1.807) is 12.1 Å². The Kier molecular flexibility index (Phi) is 6.20. The lowest BCUT2D eigenvalue weighted by Gasteiger charge is -2.14. The number of hydrogen-bond donors (Lipinski definition) is 3. The number of aryl methyl sites for hydroxylation is 1. The number of anilines is 3. The second-order valence-corrected chi connectivity index (χ2v) is 8.65. The fourth-order valence-electron chi connectivity index (χ4n) is 3.40. The number of methoxy groups -OCH3 is 3. The zero-order chi connectivity index (χ0) is 24.5. The minimum absolute atomic E-state index is 0.000681. The van der Waals surface area contributed by atoms with Gasteiger partial charge in [-0.3, -0.25) is 9.82 Å². The maximum absolute atomic E-state index is 15.3. The number of halogens is 1. The zero-order valence-electron chi connectivity index (χ0n) is 18.7. The van der Waals surface area contributed by atoms with Crippen molar-refractivity contribution in [2.75, 3.05) is 31.4 Å². The Balaban J connectivity index is 1.77. The van der Waals surface area contributed by atoms with E-state index in [0.717, 1.165) is 12.1 Å². The molecule has 0 saturated carbocycles. The van der Waals surface area contributed by atoms with E-state index in [4.69, 9.17) is 18.7 Å². The molecule has 0 bridgehead atoms. The van der Waals surface area contributed by atoms with Crippen LogP contribution in [-0.2, 0) is 16.4 Å². The summed E-state index contributed by atoms with van der Waals surface area (Å²) < 4.78 is 65.0. The largest absolute Gasteiger partial charge is 0.495 e. The highest BCUT2D eigenvalue weighted by Crippen LogP contribution is 2.41. The monoisotopic (exact) mass is 491 g/mol. The van der Waals surface area contributed by atoms with Gasteiger partial charge in [-0.2, -0.15) is 5.10 Å². The fraction of sp³-hybridized carbons (Fsp3) is 0.238. The lowest BCUT2D eigenvalue weighted by atomic mass is 10.2. The first kappa shape index (κ1) is 23.2. The maximum Gasteiger partial charge on any atom is 0.270 e. The van der Waals surface area contributed by atoms with Gasteiger partial charge in [-0.25, -0.2) is 12.8 Å². The molecular formula is C21H22FN5O6S. The van der Waals surface area contributed by atoms with Gasteiger partial charge in [0.05, 0.1) is 27.0 Å².